The quantitative estimate of drug-likeness (QED) is 0.792. The number of carbonyl (C=O) groups excluding carboxylic acids is 1. The standard InChI is InChI=1S/C21H28N2O3/c1-15(13-16-9-8-10-17(14-16)25-4)22-20(24)23-21(2,3)18-11-6-7-12-19(18)26-5/h6-12,14-15H,13H2,1-5H3,(H2,22,23,24). The van der Waals surface area contributed by atoms with Gasteiger partial charge in [-0.05, 0) is 51.0 Å². The van der Waals surface area contributed by atoms with Gasteiger partial charge in [0.05, 0.1) is 19.8 Å². The van der Waals surface area contributed by atoms with Crippen molar-refractivity contribution in [2.75, 3.05) is 14.2 Å². The van der Waals surface area contributed by atoms with Gasteiger partial charge in [0.1, 0.15) is 11.5 Å². The highest BCUT2D eigenvalue weighted by atomic mass is 16.5. The van der Waals surface area contributed by atoms with Crippen molar-refractivity contribution in [1.82, 2.24) is 10.6 Å². The monoisotopic (exact) mass is 356 g/mol. The van der Waals surface area contributed by atoms with Gasteiger partial charge in [-0.1, -0.05) is 30.3 Å². The average Bonchev–Trinajstić information content (AvgIpc) is 2.61. The zero-order valence-corrected chi connectivity index (χ0v) is 16.1. The van der Waals surface area contributed by atoms with Crippen LogP contribution in [0.5, 0.6) is 11.5 Å². The summed E-state index contributed by atoms with van der Waals surface area (Å²) in [5, 5.41) is 6.03. The molecule has 1 atom stereocenters. The fourth-order valence-corrected chi connectivity index (χ4v) is 2.98. The third-order valence-corrected chi connectivity index (χ3v) is 4.26. The highest BCUT2D eigenvalue weighted by Crippen LogP contribution is 2.29. The summed E-state index contributed by atoms with van der Waals surface area (Å²) in [6.07, 6.45) is 0.722. The van der Waals surface area contributed by atoms with Crippen LogP contribution in [0.2, 0.25) is 0 Å². The average molecular weight is 356 g/mol. The Balaban J connectivity index is 1.98. The van der Waals surface area contributed by atoms with E-state index >= 15 is 0 Å². The van der Waals surface area contributed by atoms with E-state index in [0.29, 0.717) is 0 Å². The smallest absolute Gasteiger partial charge is 0.315 e. The molecule has 2 rings (SSSR count). The van der Waals surface area contributed by atoms with E-state index in [1.807, 2.05) is 69.3 Å². The molecule has 0 saturated carbocycles. The van der Waals surface area contributed by atoms with Crippen molar-refractivity contribution in [2.24, 2.45) is 0 Å². The van der Waals surface area contributed by atoms with Crippen molar-refractivity contribution < 1.29 is 14.3 Å². The molecule has 0 fully saturated rings. The predicted molar refractivity (Wildman–Crippen MR) is 104 cm³/mol. The number of benzene rings is 2. The van der Waals surface area contributed by atoms with Crippen molar-refractivity contribution in [2.45, 2.75) is 38.8 Å². The molecular weight excluding hydrogens is 328 g/mol. The Hall–Kier alpha value is -2.69. The maximum Gasteiger partial charge on any atom is 0.315 e. The minimum atomic E-state index is -0.563. The van der Waals surface area contributed by atoms with Gasteiger partial charge in [-0.2, -0.15) is 0 Å². The Morgan fingerprint density at radius 3 is 2.50 bits per heavy atom. The Bertz CT molecular complexity index is 744. The first-order valence-corrected chi connectivity index (χ1v) is 8.71. The third-order valence-electron chi connectivity index (χ3n) is 4.26. The van der Waals surface area contributed by atoms with Crippen LogP contribution in [-0.4, -0.2) is 26.3 Å². The molecule has 0 aromatic heterocycles. The van der Waals surface area contributed by atoms with E-state index < -0.39 is 5.54 Å². The molecule has 2 amide bonds. The molecule has 26 heavy (non-hydrogen) atoms. The van der Waals surface area contributed by atoms with Gasteiger partial charge in [0, 0.05) is 11.6 Å². The maximum absolute atomic E-state index is 12.5. The number of amides is 2. The fourth-order valence-electron chi connectivity index (χ4n) is 2.98. The van der Waals surface area contributed by atoms with Crippen LogP contribution in [0, 0.1) is 0 Å². The lowest BCUT2D eigenvalue weighted by molar-refractivity contribution is 0.226. The number of hydrogen-bond acceptors (Lipinski definition) is 3. The van der Waals surface area contributed by atoms with Crippen molar-refractivity contribution >= 4 is 6.03 Å². The first kappa shape index (κ1) is 19.6. The number of hydrogen-bond donors (Lipinski definition) is 2. The van der Waals surface area contributed by atoms with E-state index in [2.05, 4.69) is 10.6 Å². The van der Waals surface area contributed by atoms with Gasteiger partial charge in [0.25, 0.3) is 0 Å². The van der Waals surface area contributed by atoms with Gasteiger partial charge in [0.2, 0.25) is 0 Å². The number of para-hydroxylation sites is 1. The van der Waals surface area contributed by atoms with Crippen molar-refractivity contribution in [1.29, 1.82) is 0 Å². The van der Waals surface area contributed by atoms with Gasteiger partial charge in [-0.25, -0.2) is 4.79 Å². The normalized spacial score (nSPS) is 12.2. The van der Waals surface area contributed by atoms with Crippen LogP contribution < -0.4 is 20.1 Å². The van der Waals surface area contributed by atoms with E-state index in [0.717, 1.165) is 29.0 Å². The minimum absolute atomic E-state index is 0.0180. The summed E-state index contributed by atoms with van der Waals surface area (Å²) >= 11 is 0. The zero-order valence-electron chi connectivity index (χ0n) is 16.1. The Kier molecular flexibility index (Phi) is 6.50. The molecule has 0 aliphatic heterocycles. The summed E-state index contributed by atoms with van der Waals surface area (Å²) in [5.74, 6) is 1.57. The van der Waals surface area contributed by atoms with Crippen LogP contribution in [-0.2, 0) is 12.0 Å². The Labute approximate surface area is 155 Å². The van der Waals surface area contributed by atoms with Crippen LogP contribution in [0.25, 0.3) is 0 Å². The molecule has 140 valence electrons. The van der Waals surface area contributed by atoms with E-state index in [-0.39, 0.29) is 12.1 Å². The van der Waals surface area contributed by atoms with Gasteiger partial charge >= 0.3 is 6.03 Å². The molecule has 0 bridgehead atoms. The first-order chi connectivity index (χ1) is 12.4. The second-order valence-electron chi connectivity index (χ2n) is 6.88. The molecule has 2 aromatic rings. The highest BCUT2D eigenvalue weighted by molar-refractivity contribution is 5.75. The number of methoxy groups -OCH3 is 2. The van der Waals surface area contributed by atoms with E-state index in [9.17, 15) is 4.79 Å². The Morgan fingerprint density at radius 2 is 1.81 bits per heavy atom. The topological polar surface area (TPSA) is 59.6 Å². The zero-order chi connectivity index (χ0) is 19.2. The van der Waals surface area contributed by atoms with Crippen molar-refractivity contribution in [3.8, 4) is 11.5 Å². The SMILES string of the molecule is COc1cccc(CC(C)NC(=O)NC(C)(C)c2ccccc2OC)c1. The Morgan fingerprint density at radius 1 is 1.08 bits per heavy atom. The van der Waals surface area contributed by atoms with Crippen molar-refractivity contribution in [3.05, 3.63) is 59.7 Å². The van der Waals surface area contributed by atoms with Crippen molar-refractivity contribution in [3.63, 3.8) is 0 Å². The van der Waals surface area contributed by atoms with Crippen LogP contribution >= 0.6 is 0 Å². The number of nitrogens with one attached hydrogen (secondary N) is 2. The van der Waals surface area contributed by atoms with Gasteiger partial charge in [-0.15, -0.1) is 0 Å². The van der Waals surface area contributed by atoms with Crippen LogP contribution in [0.3, 0.4) is 0 Å². The van der Waals surface area contributed by atoms with Gasteiger partial charge in [-0.3, -0.25) is 0 Å². The molecule has 2 N–H and O–H groups in total. The van der Waals surface area contributed by atoms with E-state index in [1.54, 1.807) is 14.2 Å². The lowest BCUT2D eigenvalue weighted by Crippen LogP contribution is -2.49. The maximum atomic E-state index is 12.5. The molecule has 0 heterocycles. The third kappa shape index (κ3) is 5.15. The number of urea groups is 1. The lowest BCUT2D eigenvalue weighted by atomic mass is 9.93. The largest absolute Gasteiger partial charge is 0.497 e. The second kappa shape index (κ2) is 8.61. The number of ether oxygens (including phenoxy) is 2. The van der Waals surface area contributed by atoms with Gasteiger partial charge in [0.15, 0.2) is 0 Å². The molecule has 0 radical (unpaired) electrons. The number of rotatable bonds is 7. The van der Waals surface area contributed by atoms with E-state index in [1.165, 1.54) is 0 Å². The minimum Gasteiger partial charge on any atom is -0.497 e. The van der Waals surface area contributed by atoms with Gasteiger partial charge < -0.3 is 20.1 Å². The molecule has 5 heteroatoms. The summed E-state index contributed by atoms with van der Waals surface area (Å²) in [4.78, 5) is 12.5. The fraction of sp³-hybridized carbons (Fsp3) is 0.381. The molecular formula is C21H28N2O3. The molecule has 0 saturated heterocycles. The molecule has 1 unspecified atom stereocenters. The van der Waals surface area contributed by atoms with E-state index in [4.69, 9.17) is 9.47 Å². The van der Waals surface area contributed by atoms with Crippen LogP contribution in [0.15, 0.2) is 48.5 Å². The summed E-state index contributed by atoms with van der Waals surface area (Å²) in [5.41, 5.74) is 1.48. The summed E-state index contributed by atoms with van der Waals surface area (Å²) < 4.78 is 10.7. The molecule has 5 nitrogen and oxygen atoms in total. The molecule has 2 aromatic carbocycles. The highest BCUT2D eigenvalue weighted by Gasteiger charge is 2.26. The van der Waals surface area contributed by atoms with Crippen LogP contribution in [0.1, 0.15) is 31.9 Å². The first-order valence-electron chi connectivity index (χ1n) is 8.71. The molecule has 0 spiro atoms. The second-order valence-corrected chi connectivity index (χ2v) is 6.88. The van der Waals surface area contributed by atoms with Crippen LogP contribution in [0.4, 0.5) is 4.79 Å². The summed E-state index contributed by atoms with van der Waals surface area (Å²) in [6, 6.07) is 15.3. The molecule has 0 aliphatic carbocycles. The summed E-state index contributed by atoms with van der Waals surface area (Å²) in [7, 11) is 3.28. The lowest BCUT2D eigenvalue weighted by Gasteiger charge is -2.29. The number of carbonyl (C=O) groups is 1. The predicted octanol–water partition coefficient (Wildman–Crippen LogP) is 3.87. The molecule has 0 aliphatic rings. The summed E-state index contributed by atoms with van der Waals surface area (Å²) in [6.45, 7) is 5.89.